The van der Waals surface area contributed by atoms with E-state index in [1.807, 2.05) is 18.2 Å². The summed E-state index contributed by atoms with van der Waals surface area (Å²) in [4.78, 5) is 11.1. The first kappa shape index (κ1) is 13.6. The zero-order valence-corrected chi connectivity index (χ0v) is 10.3. The van der Waals surface area contributed by atoms with Crippen LogP contribution in [0.25, 0.3) is 0 Å². The Morgan fingerprint density at radius 2 is 1.95 bits per heavy atom. The van der Waals surface area contributed by atoms with Crippen LogP contribution < -0.4 is 4.74 Å². The molecule has 1 N–H and O–H groups in total. The number of carboxylic acids is 1. The van der Waals surface area contributed by atoms with Crippen LogP contribution in [0.3, 0.4) is 0 Å². The molecule has 2 aromatic rings. The molecule has 0 amide bonds. The van der Waals surface area contributed by atoms with Gasteiger partial charge in [0, 0.05) is 0 Å². The Hall–Kier alpha value is -2.87. The lowest BCUT2D eigenvalue weighted by molar-refractivity contribution is 0.0686. The summed E-state index contributed by atoms with van der Waals surface area (Å²) < 4.78 is 19.2. The Balaban J connectivity index is 2.31. The highest BCUT2D eigenvalue weighted by Gasteiger charge is 2.20. The van der Waals surface area contributed by atoms with Gasteiger partial charge in [-0.05, 0) is 17.7 Å². The van der Waals surface area contributed by atoms with Gasteiger partial charge in [0.25, 0.3) is 0 Å². The van der Waals surface area contributed by atoms with Gasteiger partial charge < -0.3 is 9.84 Å². The van der Waals surface area contributed by atoms with Crippen molar-refractivity contribution < 1.29 is 19.0 Å². The van der Waals surface area contributed by atoms with Gasteiger partial charge in [-0.3, -0.25) is 0 Å². The van der Waals surface area contributed by atoms with Crippen molar-refractivity contribution in [2.75, 3.05) is 0 Å². The molecule has 5 heteroatoms. The second kappa shape index (κ2) is 5.85. The molecule has 0 aliphatic rings. The van der Waals surface area contributed by atoms with E-state index in [1.165, 1.54) is 12.1 Å². The maximum atomic E-state index is 13.8. The summed E-state index contributed by atoms with van der Waals surface area (Å²) in [5.74, 6) is -2.65. The van der Waals surface area contributed by atoms with Gasteiger partial charge in [-0.2, -0.15) is 5.26 Å². The minimum absolute atomic E-state index is 0.0992. The molecule has 0 aliphatic carbocycles. The fraction of sp³-hybridized carbons (Fsp3) is 0.0667. The van der Waals surface area contributed by atoms with E-state index in [0.29, 0.717) is 0 Å². The molecule has 0 saturated heterocycles. The number of aromatic carboxylic acids is 1. The van der Waals surface area contributed by atoms with Crippen molar-refractivity contribution in [3.63, 3.8) is 0 Å². The monoisotopic (exact) mass is 271 g/mol. The molecule has 0 spiro atoms. The Morgan fingerprint density at radius 3 is 2.55 bits per heavy atom. The molecule has 0 radical (unpaired) electrons. The summed E-state index contributed by atoms with van der Waals surface area (Å²) in [6, 6.07) is 13.2. The van der Waals surface area contributed by atoms with Gasteiger partial charge >= 0.3 is 5.97 Å². The Morgan fingerprint density at radius 1 is 1.25 bits per heavy atom. The van der Waals surface area contributed by atoms with E-state index in [2.05, 4.69) is 0 Å². The number of carboxylic acid groups (broad SMARTS) is 1. The van der Waals surface area contributed by atoms with Crippen molar-refractivity contribution >= 4 is 5.97 Å². The predicted molar refractivity (Wildman–Crippen MR) is 68.8 cm³/mol. The maximum absolute atomic E-state index is 13.8. The van der Waals surface area contributed by atoms with Crippen LogP contribution in [0.15, 0.2) is 42.5 Å². The highest BCUT2D eigenvalue weighted by Crippen LogP contribution is 2.25. The van der Waals surface area contributed by atoms with E-state index < -0.39 is 17.3 Å². The van der Waals surface area contributed by atoms with Gasteiger partial charge in [0.05, 0.1) is 5.56 Å². The first-order chi connectivity index (χ1) is 9.63. The number of benzene rings is 2. The Labute approximate surface area is 114 Å². The largest absolute Gasteiger partial charge is 0.488 e. The SMILES string of the molecule is N#Cc1ccc(OCc2ccccc2)c(C(=O)O)c1F. The van der Waals surface area contributed by atoms with Crippen molar-refractivity contribution in [2.24, 2.45) is 0 Å². The molecule has 0 unspecified atom stereocenters. The predicted octanol–water partition coefficient (Wildman–Crippen LogP) is 2.97. The third-order valence-electron chi connectivity index (χ3n) is 2.68. The fourth-order valence-corrected chi connectivity index (χ4v) is 1.70. The average molecular weight is 271 g/mol. The van der Waals surface area contributed by atoms with Crippen LogP contribution in [0.4, 0.5) is 4.39 Å². The number of nitrogens with zero attached hydrogens (tertiary/aromatic N) is 1. The molecule has 0 fully saturated rings. The molecule has 2 aromatic carbocycles. The lowest BCUT2D eigenvalue weighted by atomic mass is 10.1. The van der Waals surface area contributed by atoms with Crippen molar-refractivity contribution in [1.82, 2.24) is 0 Å². The van der Waals surface area contributed by atoms with E-state index in [-0.39, 0.29) is 17.9 Å². The first-order valence-corrected chi connectivity index (χ1v) is 5.76. The molecule has 0 atom stereocenters. The third kappa shape index (κ3) is 2.75. The van der Waals surface area contributed by atoms with Crippen LogP contribution in [-0.4, -0.2) is 11.1 Å². The van der Waals surface area contributed by atoms with E-state index >= 15 is 0 Å². The molecule has 20 heavy (non-hydrogen) atoms. The molecule has 0 heterocycles. The zero-order valence-electron chi connectivity index (χ0n) is 10.3. The van der Waals surface area contributed by atoms with Crippen LogP contribution in [0, 0.1) is 17.1 Å². The van der Waals surface area contributed by atoms with E-state index in [4.69, 9.17) is 15.1 Å². The molecule has 0 aromatic heterocycles. The number of carbonyl (C=O) groups is 1. The molecule has 0 bridgehead atoms. The molecule has 0 aliphatic heterocycles. The summed E-state index contributed by atoms with van der Waals surface area (Å²) in [7, 11) is 0. The first-order valence-electron chi connectivity index (χ1n) is 5.76. The highest BCUT2D eigenvalue weighted by atomic mass is 19.1. The van der Waals surface area contributed by atoms with Gasteiger partial charge in [-0.15, -0.1) is 0 Å². The minimum atomic E-state index is -1.47. The minimum Gasteiger partial charge on any atom is -0.488 e. The molecule has 2 rings (SSSR count). The van der Waals surface area contributed by atoms with Crippen LogP contribution in [0.2, 0.25) is 0 Å². The van der Waals surface area contributed by atoms with Gasteiger partial charge in [0.15, 0.2) is 5.82 Å². The molecule has 4 nitrogen and oxygen atoms in total. The van der Waals surface area contributed by atoms with Crippen LogP contribution in [0.5, 0.6) is 5.75 Å². The Bertz CT molecular complexity index is 678. The second-order valence-electron chi connectivity index (χ2n) is 3.99. The summed E-state index contributed by atoms with van der Waals surface area (Å²) in [5.41, 5.74) is -0.122. The summed E-state index contributed by atoms with van der Waals surface area (Å²) in [6.07, 6.45) is 0. The quantitative estimate of drug-likeness (QED) is 0.928. The van der Waals surface area contributed by atoms with Gasteiger partial charge in [0.1, 0.15) is 24.0 Å². The van der Waals surface area contributed by atoms with Crippen molar-refractivity contribution in [3.05, 3.63) is 65.0 Å². The smallest absolute Gasteiger partial charge is 0.342 e. The number of hydrogen-bond donors (Lipinski definition) is 1. The third-order valence-corrected chi connectivity index (χ3v) is 2.68. The highest BCUT2D eigenvalue weighted by molar-refractivity contribution is 5.91. The van der Waals surface area contributed by atoms with Crippen LogP contribution in [0.1, 0.15) is 21.5 Å². The summed E-state index contributed by atoms with van der Waals surface area (Å²) in [5, 5.41) is 17.7. The normalized spacial score (nSPS) is 9.80. The van der Waals surface area contributed by atoms with Gasteiger partial charge in [-0.25, -0.2) is 9.18 Å². The number of hydrogen-bond acceptors (Lipinski definition) is 3. The lowest BCUT2D eigenvalue weighted by Gasteiger charge is -2.10. The lowest BCUT2D eigenvalue weighted by Crippen LogP contribution is -2.07. The van der Waals surface area contributed by atoms with Gasteiger partial charge in [-0.1, -0.05) is 30.3 Å². The number of ether oxygens (including phenoxy) is 1. The summed E-state index contributed by atoms with van der Waals surface area (Å²) in [6.45, 7) is 0.118. The fourth-order valence-electron chi connectivity index (χ4n) is 1.70. The molecular formula is C15H10FNO3. The second-order valence-corrected chi connectivity index (χ2v) is 3.99. The maximum Gasteiger partial charge on any atom is 0.342 e. The number of halogens is 1. The van der Waals surface area contributed by atoms with E-state index in [9.17, 15) is 9.18 Å². The van der Waals surface area contributed by atoms with Crippen molar-refractivity contribution in [1.29, 1.82) is 5.26 Å². The van der Waals surface area contributed by atoms with E-state index in [0.717, 1.165) is 5.56 Å². The van der Waals surface area contributed by atoms with Crippen LogP contribution in [-0.2, 0) is 6.61 Å². The summed E-state index contributed by atoms with van der Waals surface area (Å²) >= 11 is 0. The van der Waals surface area contributed by atoms with Crippen LogP contribution >= 0.6 is 0 Å². The number of rotatable bonds is 4. The zero-order chi connectivity index (χ0) is 14.5. The number of nitriles is 1. The van der Waals surface area contributed by atoms with E-state index in [1.54, 1.807) is 18.2 Å². The van der Waals surface area contributed by atoms with Gasteiger partial charge in [0.2, 0.25) is 0 Å². The standard InChI is InChI=1S/C15H10FNO3/c16-14-11(8-17)6-7-12(13(14)15(18)19)20-9-10-4-2-1-3-5-10/h1-7H,9H2,(H,18,19). The van der Waals surface area contributed by atoms with Crippen molar-refractivity contribution in [3.8, 4) is 11.8 Å². The average Bonchev–Trinajstić information content (AvgIpc) is 2.45. The molecule has 0 saturated carbocycles. The van der Waals surface area contributed by atoms with Crippen molar-refractivity contribution in [2.45, 2.75) is 6.61 Å². The topological polar surface area (TPSA) is 70.3 Å². The molecule has 100 valence electrons. The Kier molecular flexibility index (Phi) is 3.96. The molecular weight excluding hydrogens is 261 g/mol.